The first-order chi connectivity index (χ1) is 8.59. The number of nitrogens with one attached hydrogen (secondary N) is 1. The van der Waals surface area contributed by atoms with Crippen molar-refractivity contribution in [3.05, 3.63) is 40.0 Å². The van der Waals surface area contributed by atoms with Crippen molar-refractivity contribution in [2.24, 2.45) is 0 Å². The highest BCUT2D eigenvalue weighted by molar-refractivity contribution is 9.10. The van der Waals surface area contributed by atoms with Gasteiger partial charge in [-0.15, -0.1) is 0 Å². The van der Waals surface area contributed by atoms with Gasteiger partial charge in [-0.05, 0) is 48.8 Å². The highest BCUT2D eigenvalue weighted by Gasteiger charge is 2.13. The number of rotatable bonds is 5. The molecule has 2 rings (SSSR count). The molecule has 1 N–H and O–H groups in total. The maximum Gasteiger partial charge on any atom is 0.117 e. The summed E-state index contributed by atoms with van der Waals surface area (Å²) in [6.45, 7) is 7.84. The maximum absolute atomic E-state index is 5.28. The van der Waals surface area contributed by atoms with E-state index in [1.165, 1.54) is 5.69 Å². The Morgan fingerprint density at radius 2 is 2.28 bits per heavy atom. The van der Waals surface area contributed by atoms with E-state index in [9.17, 15) is 0 Å². The number of furan rings is 1. The van der Waals surface area contributed by atoms with Crippen molar-refractivity contribution >= 4 is 15.9 Å². The van der Waals surface area contributed by atoms with Gasteiger partial charge in [0.1, 0.15) is 5.76 Å². The van der Waals surface area contributed by atoms with Crippen molar-refractivity contribution in [3.63, 3.8) is 0 Å². The summed E-state index contributed by atoms with van der Waals surface area (Å²) >= 11 is 3.55. The van der Waals surface area contributed by atoms with Crippen LogP contribution in [0.15, 0.2) is 27.3 Å². The zero-order chi connectivity index (χ0) is 13.1. The minimum atomic E-state index is 0.310. The van der Waals surface area contributed by atoms with E-state index in [2.05, 4.69) is 44.9 Å². The Morgan fingerprint density at radius 3 is 2.83 bits per heavy atom. The molecule has 4 nitrogen and oxygen atoms in total. The molecule has 0 aliphatic carbocycles. The van der Waals surface area contributed by atoms with Crippen LogP contribution in [0.2, 0.25) is 0 Å². The van der Waals surface area contributed by atoms with E-state index in [1.54, 1.807) is 6.26 Å². The zero-order valence-corrected chi connectivity index (χ0v) is 12.5. The molecule has 0 aliphatic rings. The van der Waals surface area contributed by atoms with Crippen LogP contribution in [0, 0.1) is 13.8 Å². The van der Waals surface area contributed by atoms with Gasteiger partial charge in [0.05, 0.1) is 34.7 Å². The van der Waals surface area contributed by atoms with Crippen molar-refractivity contribution in [1.82, 2.24) is 15.1 Å². The fourth-order valence-corrected chi connectivity index (χ4v) is 2.24. The fourth-order valence-electron chi connectivity index (χ4n) is 1.98. The number of hydrogen-bond donors (Lipinski definition) is 1. The largest absolute Gasteiger partial charge is 0.468 e. The zero-order valence-electron chi connectivity index (χ0n) is 10.9. The van der Waals surface area contributed by atoms with Crippen molar-refractivity contribution in [2.45, 2.75) is 33.4 Å². The number of hydrogen-bond acceptors (Lipinski definition) is 3. The molecule has 1 unspecified atom stereocenters. The van der Waals surface area contributed by atoms with Gasteiger partial charge < -0.3 is 9.73 Å². The predicted molar refractivity (Wildman–Crippen MR) is 74.5 cm³/mol. The molecule has 18 heavy (non-hydrogen) atoms. The number of aryl methyl sites for hydroxylation is 1. The Hall–Kier alpha value is -1.07. The van der Waals surface area contributed by atoms with E-state index in [0.717, 1.165) is 29.0 Å². The van der Waals surface area contributed by atoms with Gasteiger partial charge in [-0.2, -0.15) is 5.10 Å². The van der Waals surface area contributed by atoms with Gasteiger partial charge in [-0.1, -0.05) is 0 Å². The van der Waals surface area contributed by atoms with E-state index < -0.39 is 0 Å². The average molecular weight is 312 g/mol. The van der Waals surface area contributed by atoms with Crippen LogP contribution in [0.5, 0.6) is 0 Å². The van der Waals surface area contributed by atoms with Crippen molar-refractivity contribution in [3.8, 4) is 0 Å². The first-order valence-corrected chi connectivity index (χ1v) is 6.83. The number of nitrogens with zero attached hydrogens (tertiary/aromatic N) is 2. The molecule has 1 atom stereocenters. The Kier molecular flexibility index (Phi) is 4.24. The van der Waals surface area contributed by atoms with E-state index in [-0.39, 0.29) is 0 Å². The molecule has 0 amide bonds. The average Bonchev–Trinajstić information content (AvgIpc) is 2.94. The third kappa shape index (κ3) is 2.84. The summed E-state index contributed by atoms with van der Waals surface area (Å²) < 4.78 is 8.42. The van der Waals surface area contributed by atoms with Crippen LogP contribution in [0.3, 0.4) is 0 Å². The molecule has 0 radical (unpaired) electrons. The van der Waals surface area contributed by atoms with Gasteiger partial charge in [0.15, 0.2) is 0 Å². The van der Waals surface area contributed by atoms with Crippen molar-refractivity contribution < 1.29 is 4.42 Å². The molecule has 5 heteroatoms. The summed E-state index contributed by atoms with van der Waals surface area (Å²) in [6, 6.07) is 4.18. The van der Waals surface area contributed by atoms with Gasteiger partial charge in [0, 0.05) is 6.54 Å². The first kappa shape index (κ1) is 13.4. The second-order valence-electron chi connectivity index (χ2n) is 4.49. The number of aromatic nitrogens is 2. The van der Waals surface area contributed by atoms with E-state index in [4.69, 9.17) is 4.42 Å². The molecule has 0 spiro atoms. The predicted octanol–water partition coefficient (Wildman–Crippen LogP) is 3.21. The molecular formula is C13H18BrN3O. The highest BCUT2D eigenvalue weighted by Crippen LogP contribution is 2.22. The van der Waals surface area contributed by atoms with Crippen molar-refractivity contribution in [1.29, 1.82) is 0 Å². The van der Waals surface area contributed by atoms with Crippen LogP contribution in [0.4, 0.5) is 0 Å². The maximum atomic E-state index is 5.28. The Balaban J connectivity index is 1.91. The molecule has 2 heterocycles. The summed E-state index contributed by atoms with van der Waals surface area (Å²) in [5.41, 5.74) is 2.20. The normalized spacial score (nSPS) is 12.9. The molecular weight excluding hydrogens is 294 g/mol. The molecule has 0 bridgehead atoms. The smallest absolute Gasteiger partial charge is 0.117 e. The lowest BCUT2D eigenvalue weighted by Gasteiger charge is -2.14. The van der Waals surface area contributed by atoms with Crippen LogP contribution in [-0.2, 0) is 6.54 Å². The van der Waals surface area contributed by atoms with Crippen LogP contribution in [0.1, 0.15) is 30.1 Å². The summed E-state index contributed by atoms with van der Waals surface area (Å²) in [7, 11) is 0. The Morgan fingerprint density at radius 1 is 1.50 bits per heavy atom. The summed E-state index contributed by atoms with van der Waals surface area (Å²) in [5.74, 6) is 0.955. The van der Waals surface area contributed by atoms with Gasteiger partial charge in [-0.3, -0.25) is 4.68 Å². The van der Waals surface area contributed by atoms with Gasteiger partial charge in [0.2, 0.25) is 0 Å². The molecule has 0 saturated heterocycles. The van der Waals surface area contributed by atoms with E-state index >= 15 is 0 Å². The third-order valence-corrected chi connectivity index (χ3v) is 4.12. The van der Waals surface area contributed by atoms with Gasteiger partial charge in [0.25, 0.3) is 0 Å². The van der Waals surface area contributed by atoms with Gasteiger partial charge >= 0.3 is 0 Å². The SMILES string of the molecule is Cc1nn(C(C)CNCc2ccco2)c(C)c1Br. The molecule has 98 valence electrons. The number of halogens is 1. The van der Waals surface area contributed by atoms with Gasteiger partial charge in [-0.25, -0.2) is 0 Å². The lowest BCUT2D eigenvalue weighted by atomic mass is 10.3. The summed E-state index contributed by atoms with van der Waals surface area (Å²) in [6.07, 6.45) is 1.69. The molecule has 0 aromatic carbocycles. The first-order valence-electron chi connectivity index (χ1n) is 6.04. The van der Waals surface area contributed by atoms with Crippen LogP contribution < -0.4 is 5.32 Å². The van der Waals surface area contributed by atoms with Crippen molar-refractivity contribution in [2.75, 3.05) is 6.54 Å². The molecule has 2 aromatic heterocycles. The topological polar surface area (TPSA) is 43.0 Å². The Labute approximate surface area is 115 Å². The summed E-state index contributed by atoms with van der Waals surface area (Å²) in [5, 5.41) is 7.90. The van der Waals surface area contributed by atoms with Crippen LogP contribution >= 0.6 is 15.9 Å². The molecule has 0 saturated carbocycles. The molecule has 0 fully saturated rings. The standard InChI is InChI=1S/C13H18BrN3O/c1-9(7-15-8-12-5-4-6-18-12)17-11(3)13(14)10(2)16-17/h4-6,9,15H,7-8H2,1-3H3. The van der Waals surface area contributed by atoms with Crippen LogP contribution in [0.25, 0.3) is 0 Å². The van der Waals surface area contributed by atoms with Crippen LogP contribution in [-0.4, -0.2) is 16.3 Å². The Bertz CT molecular complexity index is 505. The lowest BCUT2D eigenvalue weighted by molar-refractivity contribution is 0.421. The molecule has 0 aliphatic heterocycles. The quantitative estimate of drug-likeness (QED) is 0.922. The third-order valence-electron chi connectivity index (χ3n) is 2.97. The van der Waals surface area contributed by atoms with E-state index in [0.29, 0.717) is 6.04 Å². The monoisotopic (exact) mass is 311 g/mol. The second kappa shape index (κ2) is 5.71. The minimum Gasteiger partial charge on any atom is -0.468 e. The lowest BCUT2D eigenvalue weighted by Crippen LogP contribution is -2.24. The second-order valence-corrected chi connectivity index (χ2v) is 5.28. The van der Waals surface area contributed by atoms with E-state index in [1.807, 2.05) is 19.1 Å². The fraction of sp³-hybridized carbons (Fsp3) is 0.462. The molecule has 2 aromatic rings. The highest BCUT2D eigenvalue weighted by atomic mass is 79.9. The minimum absolute atomic E-state index is 0.310. The summed E-state index contributed by atoms with van der Waals surface area (Å²) in [4.78, 5) is 0.